The molecule has 0 spiro atoms. The van der Waals surface area contributed by atoms with Crippen molar-refractivity contribution in [3.8, 4) is 11.5 Å². The summed E-state index contributed by atoms with van der Waals surface area (Å²) in [5.74, 6) is -5.30. The first-order valence-electron chi connectivity index (χ1n) is 13.6. The lowest BCUT2D eigenvalue weighted by molar-refractivity contribution is -0.385. The van der Waals surface area contributed by atoms with Gasteiger partial charge in [0.15, 0.2) is 0 Å². The topological polar surface area (TPSA) is 157 Å². The SMILES string of the molecule is CCOc1ccccc1NC(=O)C1C(=O)CC(C)(O)C(C(=O)Nc2ccccc2OCC)C1c1cccc([N+](=O)[O-])c1. The maximum atomic E-state index is 14.0. The molecule has 0 bridgehead atoms. The zero-order chi connectivity index (χ0) is 30.4. The second-order valence-electron chi connectivity index (χ2n) is 10.2. The lowest BCUT2D eigenvalue weighted by Gasteiger charge is -2.44. The number of amides is 2. The van der Waals surface area contributed by atoms with Crippen molar-refractivity contribution in [3.05, 3.63) is 88.5 Å². The molecule has 11 heteroatoms. The van der Waals surface area contributed by atoms with Crippen LogP contribution >= 0.6 is 0 Å². The second kappa shape index (κ2) is 12.8. The molecule has 0 aromatic heterocycles. The third kappa shape index (κ3) is 6.41. The number of anilines is 2. The van der Waals surface area contributed by atoms with Crippen molar-refractivity contribution >= 4 is 34.7 Å². The highest BCUT2D eigenvalue weighted by atomic mass is 16.6. The summed E-state index contributed by atoms with van der Waals surface area (Å²) in [6.45, 7) is 5.61. The Bertz CT molecular complexity index is 1490. The molecule has 3 aromatic carbocycles. The first-order chi connectivity index (χ1) is 20.1. The molecule has 4 rings (SSSR count). The van der Waals surface area contributed by atoms with Gasteiger partial charge in [0.2, 0.25) is 11.8 Å². The number of non-ortho nitro benzene ring substituents is 1. The van der Waals surface area contributed by atoms with Gasteiger partial charge in [-0.05, 0) is 50.6 Å². The fraction of sp³-hybridized carbons (Fsp3) is 0.323. The average Bonchev–Trinajstić information content (AvgIpc) is 2.94. The number of Topliss-reactive ketones (excluding diaryl/α,β-unsaturated/α-hetero) is 1. The molecule has 4 unspecified atom stereocenters. The minimum atomic E-state index is -1.89. The van der Waals surface area contributed by atoms with Gasteiger partial charge in [-0.15, -0.1) is 0 Å². The van der Waals surface area contributed by atoms with E-state index in [4.69, 9.17) is 9.47 Å². The average molecular weight is 576 g/mol. The van der Waals surface area contributed by atoms with Gasteiger partial charge in [0, 0.05) is 24.5 Å². The van der Waals surface area contributed by atoms with Gasteiger partial charge in [-0.1, -0.05) is 36.4 Å². The van der Waals surface area contributed by atoms with Crippen molar-refractivity contribution in [1.82, 2.24) is 0 Å². The molecule has 4 atom stereocenters. The van der Waals surface area contributed by atoms with E-state index in [9.17, 15) is 29.6 Å². The molecule has 42 heavy (non-hydrogen) atoms. The predicted molar refractivity (Wildman–Crippen MR) is 156 cm³/mol. The number of benzene rings is 3. The molecule has 0 radical (unpaired) electrons. The molecular weight excluding hydrogens is 542 g/mol. The number of nitro groups is 1. The number of aliphatic hydroxyl groups is 1. The van der Waals surface area contributed by atoms with E-state index < -0.39 is 52.3 Å². The molecule has 1 saturated carbocycles. The van der Waals surface area contributed by atoms with Gasteiger partial charge in [-0.3, -0.25) is 24.5 Å². The van der Waals surface area contributed by atoms with Crippen molar-refractivity contribution < 1.29 is 33.9 Å². The number of para-hydroxylation sites is 4. The lowest BCUT2D eigenvalue weighted by atomic mass is 9.61. The van der Waals surface area contributed by atoms with Crippen LogP contribution in [0.4, 0.5) is 17.1 Å². The molecule has 3 N–H and O–H groups in total. The van der Waals surface area contributed by atoms with Crippen LogP contribution < -0.4 is 20.1 Å². The molecule has 220 valence electrons. The Kier molecular flexibility index (Phi) is 9.21. The van der Waals surface area contributed by atoms with E-state index in [1.54, 1.807) is 62.4 Å². The molecule has 11 nitrogen and oxygen atoms in total. The number of rotatable bonds is 10. The summed E-state index contributed by atoms with van der Waals surface area (Å²) in [5.41, 5.74) is -1.34. The molecule has 0 saturated heterocycles. The molecule has 1 fully saturated rings. The summed E-state index contributed by atoms with van der Waals surface area (Å²) in [5, 5.41) is 28.7. The van der Waals surface area contributed by atoms with E-state index in [1.807, 2.05) is 0 Å². The van der Waals surface area contributed by atoms with E-state index in [0.29, 0.717) is 36.1 Å². The van der Waals surface area contributed by atoms with Crippen LogP contribution in [-0.4, -0.2) is 46.4 Å². The van der Waals surface area contributed by atoms with Gasteiger partial charge in [-0.25, -0.2) is 0 Å². The van der Waals surface area contributed by atoms with Crippen molar-refractivity contribution in [2.24, 2.45) is 11.8 Å². The maximum Gasteiger partial charge on any atom is 0.269 e. The molecule has 2 amide bonds. The highest BCUT2D eigenvalue weighted by Gasteiger charge is 2.56. The predicted octanol–water partition coefficient (Wildman–Crippen LogP) is 4.71. The number of carbonyl (C=O) groups excluding carboxylic acids is 3. The second-order valence-corrected chi connectivity index (χ2v) is 10.2. The minimum absolute atomic E-state index is 0.189. The zero-order valence-corrected chi connectivity index (χ0v) is 23.5. The van der Waals surface area contributed by atoms with Gasteiger partial charge in [0.05, 0.1) is 41.0 Å². The van der Waals surface area contributed by atoms with Crippen LogP contribution in [0.5, 0.6) is 11.5 Å². The number of nitrogens with one attached hydrogen (secondary N) is 2. The van der Waals surface area contributed by atoms with Crippen molar-refractivity contribution in [3.63, 3.8) is 0 Å². The van der Waals surface area contributed by atoms with Crippen molar-refractivity contribution in [2.45, 2.75) is 38.7 Å². The van der Waals surface area contributed by atoms with E-state index in [0.717, 1.165) is 0 Å². The van der Waals surface area contributed by atoms with Crippen LogP contribution in [-0.2, 0) is 14.4 Å². The molecule has 1 aliphatic carbocycles. The quantitative estimate of drug-likeness (QED) is 0.178. The van der Waals surface area contributed by atoms with E-state index in [1.165, 1.54) is 31.2 Å². The molecular formula is C31H33N3O8. The lowest BCUT2D eigenvalue weighted by Crippen LogP contribution is -2.56. The Morgan fingerprint density at radius 2 is 1.48 bits per heavy atom. The fourth-order valence-corrected chi connectivity index (χ4v) is 5.46. The Labute approximate surface area is 243 Å². The van der Waals surface area contributed by atoms with Crippen LogP contribution in [0, 0.1) is 22.0 Å². The largest absolute Gasteiger partial charge is 0.492 e. The summed E-state index contributed by atoms with van der Waals surface area (Å²) >= 11 is 0. The number of ether oxygens (including phenoxy) is 2. The number of hydrogen-bond donors (Lipinski definition) is 3. The number of hydrogen-bond acceptors (Lipinski definition) is 8. The summed E-state index contributed by atoms with van der Waals surface area (Å²) in [7, 11) is 0. The van der Waals surface area contributed by atoms with E-state index >= 15 is 0 Å². The van der Waals surface area contributed by atoms with Crippen molar-refractivity contribution in [1.29, 1.82) is 0 Å². The van der Waals surface area contributed by atoms with Crippen LogP contribution in [0.2, 0.25) is 0 Å². The van der Waals surface area contributed by atoms with Gasteiger partial charge in [0.25, 0.3) is 5.69 Å². The summed E-state index contributed by atoms with van der Waals surface area (Å²) in [6.07, 6.45) is -0.491. The Morgan fingerprint density at radius 1 is 0.929 bits per heavy atom. The molecule has 0 heterocycles. The normalized spacial score (nSPS) is 21.7. The fourth-order valence-electron chi connectivity index (χ4n) is 5.46. The van der Waals surface area contributed by atoms with Gasteiger partial charge >= 0.3 is 0 Å². The van der Waals surface area contributed by atoms with Gasteiger partial charge in [0.1, 0.15) is 23.2 Å². The maximum absolute atomic E-state index is 14.0. The van der Waals surface area contributed by atoms with Crippen molar-refractivity contribution in [2.75, 3.05) is 23.8 Å². The van der Waals surface area contributed by atoms with Crippen LogP contribution in [0.3, 0.4) is 0 Å². The summed E-state index contributed by atoms with van der Waals surface area (Å²) in [4.78, 5) is 52.5. The van der Waals surface area contributed by atoms with Gasteiger partial charge in [-0.2, -0.15) is 0 Å². The minimum Gasteiger partial charge on any atom is -0.492 e. The third-order valence-corrected chi connectivity index (χ3v) is 7.19. The summed E-state index contributed by atoms with van der Waals surface area (Å²) < 4.78 is 11.2. The first kappa shape index (κ1) is 30.2. The van der Waals surface area contributed by atoms with Gasteiger partial charge < -0.3 is 25.2 Å². The summed E-state index contributed by atoms with van der Waals surface area (Å²) in [6, 6.07) is 18.9. The Morgan fingerprint density at radius 3 is 2.02 bits per heavy atom. The van der Waals surface area contributed by atoms with Crippen LogP contribution in [0.1, 0.15) is 38.7 Å². The Hall–Kier alpha value is -4.77. The number of nitrogens with zero attached hydrogens (tertiary/aromatic N) is 1. The smallest absolute Gasteiger partial charge is 0.269 e. The number of carbonyl (C=O) groups is 3. The highest BCUT2D eigenvalue weighted by Crippen LogP contribution is 2.47. The van der Waals surface area contributed by atoms with Crippen LogP contribution in [0.15, 0.2) is 72.8 Å². The van der Waals surface area contributed by atoms with Crippen LogP contribution in [0.25, 0.3) is 0 Å². The molecule has 3 aromatic rings. The third-order valence-electron chi connectivity index (χ3n) is 7.19. The molecule has 0 aliphatic heterocycles. The van der Waals surface area contributed by atoms with E-state index in [-0.39, 0.29) is 11.3 Å². The van der Waals surface area contributed by atoms with E-state index in [2.05, 4.69) is 10.6 Å². The zero-order valence-electron chi connectivity index (χ0n) is 23.5. The standard InChI is InChI=1S/C31H33N3O8/c1-4-41-24-15-8-6-13-21(24)32-29(36)27-23(35)18-31(3,38)28(26(27)19-11-10-12-20(17-19)34(39)40)30(37)33-22-14-7-9-16-25(22)42-5-2/h6-17,26-28,38H,4-5,18H2,1-3H3,(H,32,36)(H,33,37). The molecule has 1 aliphatic rings. The highest BCUT2D eigenvalue weighted by molar-refractivity contribution is 6.11. The monoisotopic (exact) mass is 575 g/mol. The first-order valence-corrected chi connectivity index (χ1v) is 13.6. The number of ketones is 1. The Balaban J connectivity index is 1.81. The number of nitro benzene ring substituents is 1.